The lowest BCUT2D eigenvalue weighted by Crippen LogP contribution is -2.20. The molecule has 0 aromatic carbocycles. The Morgan fingerprint density at radius 1 is 1.36 bits per heavy atom. The molecule has 0 aliphatic carbocycles. The monoisotopic (exact) mass is 309 g/mol. The van der Waals surface area contributed by atoms with E-state index < -0.39 is 11.9 Å². The van der Waals surface area contributed by atoms with Gasteiger partial charge in [0.15, 0.2) is 0 Å². The van der Waals surface area contributed by atoms with Crippen LogP contribution in [-0.2, 0) is 16.1 Å². The minimum atomic E-state index is -1.08. The lowest BCUT2D eigenvalue weighted by Gasteiger charge is -2.21. The number of hydrogen-bond acceptors (Lipinski definition) is 5. The fraction of sp³-hybridized carbons (Fsp3) is 0.533. The number of rotatable bonds is 5. The van der Waals surface area contributed by atoms with Crippen molar-refractivity contribution < 1.29 is 19.8 Å². The summed E-state index contributed by atoms with van der Waals surface area (Å²) in [5.74, 6) is -2.15. The van der Waals surface area contributed by atoms with Crippen LogP contribution < -0.4 is 5.73 Å². The molecule has 1 aliphatic heterocycles. The Morgan fingerprint density at radius 2 is 2.00 bits per heavy atom. The molecule has 1 aromatic heterocycles. The molecule has 22 heavy (non-hydrogen) atoms. The number of aliphatic carboxylic acids is 2. The van der Waals surface area contributed by atoms with Crippen LogP contribution in [0.1, 0.15) is 43.0 Å². The van der Waals surface area contributed by atoms with Crippen molar-refractivity contribution in [2.75, 3.05) is 13.6 Å². The Bertz CT molecular complexity index is 493. The first-order valence-corrected chi connectivity index (χ1v) is 7.23. The van der Waals surface area contributed by atoms with Crippen molar-refractivity contribution in [2.24, 2.45) is 5.73 Å². The summed E-state index contributed by atoms with van der Waals surface area (Å²) in [7, 11) is 2.17. The van der Waals surface area contributed by atoms with Gasteiger partial charge < -0.3 is 15.9 Å². The van der Waals surface area contributed by atoms with Gasteiger partial charge in [-0.25, -0.2) is 0 Å². The van der Waals surface area contributed by atoms with Gasteiger partial charge in [0.2, 0.25) is 0 Å². The third-order valence-corrected chi connectivity index (χ3v) is 3.55. The number of carbonyl (C=O) groups is 2. The van der Waals surface area contributed by atoms with Crippen molar-refractivity contribution in [2.45, 2.75) is 38.3 Å². The van der Waals surface area contributed by atoms with Crippen LogP contribution in [0, 0.1) is 0 Å². The van der Waals surface area contributed by atoms with Gasteiger partial charge in [-0.3, -0.25) is 19.5 Å². The molecule has 2 rings (SSSR count). The molecular weight excluding hydrogens is 286 g/mol. The number of carboxylic acids is 2. The smallest absolute Gasteiger partial charge is 0.303 e. The minimum Gasteiger partial charge on any atom is -0.481 e. The number of nitrogens with two attached hydrogens (primary N) is 1. The number of hydrogen-bond donors (Lipinski definition) is 3. The van der Waals surface area contributed by atoms with Gasteiger partial charge in [-0.2, -0.15) is 0 Å². The van der Waals surface area contributed by atoms with E-state index in [2.05, 4.69) is 23.0 Å². The van der Waals surface area contributed by atoms with Gasteiger partial charge in [-0.1, -0.05) is 6.07 Å². The van der Waals surface area contributed by atoms with E-state index in [1.807, 2.05) is 12.3 Å². The zero-order valence-corrected chi connectivity index (χ0v) is 12.7. The molecular formula is C15H23N3O4. The van der Waals surface area contributed by atoms with E-state index >= 15 is 0 Å². The summed E-state index contributed by atoms with van der Waals surface area (Å²) >= 11 is 0. The minimum absolute atomic E-state index is 0.296. The molecule has 0 bridgehead atoms. The topological polar surface area (TPSA) is 117 Å². The normalized spacial score (nSPS) is 17.6. The molecule has 0 saturated carbocycles. The van der Waals surface area contributed by atoms with Crippen LogP contribution in [0.15, 0.2) is 18.3 Å². The lowest BCUT2D eigenvalue weighted by molar-refractivity contribution is -0.143. The molecule has 1 saturated heterocycles. The van der Waals surface area contributed by atoms with E-state index in [1.165, 1.54) is 24.9 Å². The van der Waals surface area contributed by atoms with Crippen LogP contribution >= 0.6 is 0 Å². The van der Waals surface area contributed by atoms with Gasteiger partial charge in [0.1, 0.15) is 0 Å². The molecule has 7 nitrogen and oxygen atoms in total. The third-order valence-electron chi connectivity index (χ3n) is 3.55. The Hall–Kier alpha value is -1.99. The van der Waals surface area contributed by atoms with E-state index in [0.717, 1.165) is 5.69 Å². The van der Waals surface area contributed by atoms with Crippen LogP contribution in [0.3, 0.4) is 0 Å². The predicted molar refractivity (Wildman–Crippen MR) is 81.2 cm³/mol. The second-order valence-electron chi connectivity index (χ2n) is 5.17. The maximum atomic E-state index is 9.64. The Morgan fingerprint density at radius 3 is 2.45 bits per heavy atom. The summed E-state index contributed by atoms with van der Waals surface area (Å²) in [4.78, 5) is 26.0. The van der Waals surface area contributed by atoms with Gasteiger partial charge in [-0.05, 0) is 38.1 Å². The zero-order valence-electron chi connectivity index (χ0n) is 12.7. The molecule has 2 heterocycles. The average Bonchev–Trinajstić information content (AvgIpc) is 2.91. The summed E-state index contributed by atoms with van der Waals surface area (Å²) in [6.45, 7) is 1.73. The maximum absolute atomic E-state index is 9.64. The first kappa shape index (κ1) is 18.1. The van der Waals surface area contributed by atoms with Crippen molar-refractivity contribution >= 4 is 11.9 Å². The second kappa shape index (κ2) is 9.11. The molecule has 1 aromatic rings. The van der Waals surface area contributed by atoms with Crippen molar-refractivity contribution in [3.05, 3.63) is 29.6 Å². The standard InChI is InChI=1S/C11H17N3.C4H6O4/c1-14-7-3-5-11(14)9-4-2-6-13-10(9)8-12;5-3(6)1-2-4(7)8/h2,4,6,11H,3,5,7-8,12H2,1H3;1-2H2,(H,5,6)(H,7,8)/t11-;/m0./s1. The van der Waals surface area contributed by atoms with Gasteiger partial charge in [-0.15, -0.1) is 0 Å². The summed E-state index contributed by atoms with van der Waals surface area (Å²) in [5, 5.41) is 15.8. The molecule has 1 aliphatic rings. The van der Waals surface area contributed by atoms with Crippen molar-refractivity contribution in [3.8, 4) is 0 Å². The molecule has 7 heteroatoms. The molecule has 0 spiro atoms. The highest BCUT2D eigenvalue weighted by Gasteiger charge is 2.24. The highest BCUT2D eigenvalue weighted by atomic mass is 16.4. The van der Waals surface area contributed by atoms with Crippen LogP contribution in [0.4, 0.5) is 0 Å². The lowest BCUT2D eigenvalue weighted by atomic mass is 10.0. The van der Waals surface area contributed by atoms with Crippen LogP contribution in [0.2, 0.25) is 0 Å². The SMILES string of the molecule is CN1CCC[C@H]1c1cccnc1CN.O=C(O)CCC(=O)O. The van der Waals surface area contributed by atoms with Crippen LogP contribution in [0.25, 0.3) is 0 Å². The fourth-order valence-corrected chi connectivity index (χ4v) is 2.44. The first-order chi connectivity index (χ1) is 10.5. The summed E-state index contributed by atoms with van der Waals surface area (Å²) in [5.41, 5.74) is 8.04. The van der Waals surface area contributed by atoms with Crippen LogP contribution in [0.5, 0.6) is 0 Å². The molecule has 122 valence electrons. The summed E-state index contributed by atoms with van der Waals surface area (Å²) < 4.78 is 0. The van der Waals surface area contributed by atoms with Gasteiger partial charge in [0.05, 0.1) is 18.5 Å². The number of carboxylic acid groups (broad SMARTS) is 2. The number of aromatic nitrogens is 1. The Balaban J connectivity index is 0.000000261. The average molecular weight is 309 g/mol. The largest absolute Gasteiger partial charge is 0.481 e. The second-order valence-corrected chi connectivity index (χ2v) is 5.17. The predicted octanol–water partition coefficient (Wildman–Crippen LogP) is 1.24. The first-order valence-electron chi connectivity index (χ1n) is 7.23. The Kier molecular flexibility index (Phi) is 7.48. The van der Waals surface area contributed by atoms with Crippen molar-refractivity contribution in [1.82, 2.24) is 9.88 Å². The zero-order chi connectivity index (χ0) is 16.5. The molecule has 1 fully saturated rings. The number of nitrogens with zero attached hydrogens (tertiary/aromatic N) is 2. The van der Waals surface area contributed by atoms with Gasteiger partial charge in [0, 0.05) is 18.8 Å². The van der Waals surface area contributed by atoms with E-state index in [1.54, 1.807) is 0 Å². The molecule has 0 amide bonds. The van der Waals surface area contributed by atoms with E-state index in [0.29, 0.717) is 12.6 Å². The van der Waals surface area contributed by atoms with Gasteiger partial charge in [0.25, 0.3) is 0 Å². The van der Waals surface area contributed by atoms with Crippen LogP contribution in [-0.4, -0.2) is 45.6 Å². The Labute approximate surface area is 129 Å². The summed E-state index contributed by atoms with van der Waals surface area (Å²) in [6.07, 6.45) is 3.74. The van der Waals surface area contributed by atoms with Crippen molar-refractivity contribution in [3.63, 3.8) is 0 Å². The maximum Gasteiger partial charge on any atom is 0.303 e. The molecule has 4 N–H and O–H groups in total. The molecule has 0 unspecified atom stereocenters. The van der Waals surface area contributed by atoms with Gasteiger partial charge >= 0.3 is 11.9 Å². The number of likely N-dealkylation sites (tertiary alicyclic amines) is 1. The highest BCUT2D eigenvalue weighted by molar-refractivity contribution is 5.75. The third kappa shape index (κ3) is 5.79. The van der Waals surface area contributed by atoms with Crippen molar-refractivity contribution in [1.29, 1.82) is 0 Å². The molecule has 0 radical (unpaired) electrons. The molecule has 1 atom stereocenters. The number of pyridine rings is 1. The quantitative estimate of drug-likeness (QED) is 0.749. The highest BCUT2D eigenvalue weighted by Crippen LogP contribution is 2.31. The van der Waals surface area contributed by atoms with E-state index in [4.69, 9.17) is 15.9 Å². The fourth-order valence-electron chi connectivity index (χ4n) is 2.44. The van der Waals surface area contributed by atoms with E-state index in [-0.39, 0.29) is 12.8 Å². The summed E-state index contributed by atoms with van der Waals surface area (Å²) in [6, 6.07) is 4.68. The van der Waals surface area contributed by atoms with E-state index in [9.17, 15) is 9.59 Å².